The van der Waals surface area contributed by atoms with Crippen molar-refractivity contribution in [3.63, 3.8) is 0 Å². The third-order valence-electron chi connectivity index (χ3n) is 2.76. The molecule has 0 aromatic heterocycles. The molecular formula is C14H22N2O2. The molecule has 0 saturated carbocycles. The third-order valence-corrected chi connectivity index (χ3v) is 2.76. The average molecular weight is 250 g/mol. The number of amidine groups is 1. The number of amides is 1. The van der Waals surface area contributed by atoms with Crippen LogP contribution in [0.2, 0.25) is 0 Å². The Hall–Kier alpha value is -1.58. The summed E-state index contributed by atoms with van der Waals surface area (Å²) in [7, 11) is 0. The number of nitrogens with zero attached hydrogens (tertiary/aromatic N) is 1. The van der Waals surface area contributed by atoms with Gasteiger partial charge >= 0.3 is 6.09 Å². The first kappa shape index (κ1) is 14.5. The van der Waals surface area contributed by atoms with Gasteiger partial charge in [0.05, 0.1) is 0 Å². The molecule has 0 aromatic rings. The third kappa shape index (κ3) is 3.00. The van der Waals surface area contributed by atoms with Crippen LogP contribution in [0.5, 0.6) is 0 Å². The molecule has 1 unspecified atom stereocenters. The molecule has 1 N–H and O–H groups in total. The highest BCUT2D eigenvalue weighted by atomic mass is 16.6. The second kappa shape index (κ2) is 6.38. The molecule has 100 valence electrons. The number of nitrogens with one attached hydrogen (secondary N) is 1. The van der Waals surface area contributed by atoms with Crippen LogP contribution in [-0.4, -0.2) is 22.9 Å². The topological polar surface area (TPSA) is 53.4 Å². The minimum atomic E-state index is -0.445. The van der Waals surface area contributed by atoms with Crippen LogP contribution in [0.1, 0.15) is 40.5 Å². The number of hydrogen-bond acceptors (Lipinski definition) is 3. The summed E-state index contributed by atoms with van der Waals surface area (Å²) in [5.74, 6) is 0.347. The highest BCUT2D eigenvalue weighted by molar-refractivity contribution is 6.03. The largest absolute Gasteiger partial charge is 0.437 e. The second-order valence-electron chi connectivity index (χ2n) is 4.69. The molecule has 1 saturated heterocycles. The van der Waals surface area contributed by atoms with Crippen molar-refractivity contribution in [3.05, 3.63) is 23.9 Å². The van der Waals surface area contributed by atoms with Gasteiger partial charge in [0.15, 0.2) is 11.9 Å². The predicted octanol–water partition coefficient (Wildman–Crippen LogP) is 3.70. The van der Waals surface area contributed by atoms with E-state index in [1.165, 1.54) is 4.90 Å². The Balaban J connectivity index is 2.99. The normalized spacial score (nSPS) is 21.3. The zero-order chi connectivity index (χ0) is 13.7. The van der Waals surface area contributed by atoms with Gasteiger partial charge in [-0.25, -0.2) is 9.69 Å². The fourth-order valence-electron chi connectivity index (χ4n) is 1.84. The zero-order valence-electron chi connectivity index (χ0n) is 11.6. The molecule has 4 nitrogen and oxygen atoms in total. The van der Waals surface area contributed by atoms with Crippen molar-refractivity contribution in [2.75, 3.05) is 0 Å². The standard InChI is InChI=1S/C14H22N2O2/c1-5-7-9-11(8-6-2)16-13(15)12(10(3)4)18-14(16)17/h6,8-10,12,15H,5,7H2,1-4H3/b8-6-,11-9+,15-13?. The van der Waals surface area contributed by atoms with E-state index in [9.17, 15) is 4.79 Å². The minimum absolute atomic E-state index is 0.115. The van der Waals surface area contributed by atoms with E-state index in [0.717, 1.165) is 18.5 Å². The Morgan fingerprint density at radius 3 is 2.67 bits per heavy atom. The maximum atomic E-state index is 11.9. The molecular weight excluding hydrogens is 228 g/mol. The molecule has 0 spiro atoms. The summed E-state index contributed by atoms with van der Waals surface area (Å²) in [4.78, 5) is 13.2. The van der Waals surface area contributed by atoms with Crippen molar-refractivity contribution < 1.29 is 9.53 Å². The second-order valence-corrected chi connectivity index (χ2v) is 4.69. The van der Waals surface area contributed by atoms with Crippen molar-refractivity contribution >= 4 is 11.9 Å². The van der Waals surface area contributed by atoms with E-state index in [1.807, 2.05) is 39.0 Å². The fraction of sp³-hybridized carbons (Fsp3) is 0.571. The lowest BCUT2D eigenvalue weighted by atomic mass is 10.1. The van der Waals surface area contributed by atoms with Gasteiger partial charge in [-0.15, -0.1) is 0 Å². The number of carbonyl (C=O) groups excluding carboxylic acids is 1. The first-order chi connectivity index (χ1) is 8.52. The van der Waals surface area contributed by atoms with E-state index in [-0.39, 0.29) is 11.8 Å². The lowest BCUT2D eigenvalue weighted by Crippen LogP contribution is -2.31. The first-order valence-electron chi connectivity index (χ1n) is 6.44. The molecule has 18 heavy (non-hydrogen) atoms. The van der Waals surface area contributed by atoms with Gasteiger partial charge in [-0.05, 0) is 25.3 Å². The van der Waals surface area contributed by atoms with Crippen LogP contribution < -0.4 is 0 Å². The van der Waals surface area contributed by atoms with Crippen LogP contribution >= 0.6 is 0 Å². The number of hydrogen-bond donors (Lipinski definition) is 1. The Labute approximate surface area is 109 Å². The van der Waals surface area contributed by atoms with Crippen LogP contribution in [0, 0.1) is 11.3 Å². The Morgan fingerprint density at radius 1 is 1.56 bits per heavy atom. The van der Waals surface area contributed by atoms with Crippen LogP contribution in [-0.2, 0) is 4.74 Å². The Kier molecular flexibility index (Phi) is 5.13. The van der Waals surface area contributed by atoms with Crippen molar-refractivity contribution in [1.29, 1.82) is 5.41 Å². The van der Waals surface area contributed by atoms with E-state index >= 15 is 0 Å². The monoisotopic (exact) mass is 250 g/mol. The van der Waals surface area contributed by atoms with Crippen molar-refractivity contribution in [2.24, 2.45) is 5.92 Å². The maximum Gasteiger partial charge on any atom is 0.420 e. The summed E-state index contributed by atoms with van der Waals surface area (Å²) < 4.78 is 5.24. The highest BCUT2D eigenvalue weighted by Crippen LogP contribution is 2.24. The van der Waals surface area contributed by atoms with Gasteiger partial charge in [0.2, 0.25) is 0 Å². The molecule has 0 bridgehead atoms. The van der Waals surface area contributed by atoms with Crippen LogP contribution in [0.4, 0.5) is 4.79 Å². The summed E-state index contributed by atoms with van der Waals surface area (Å²) >= 11 is 0. The number of cyclic esters (lactones) is 1. The smallest absolute Gasteiger partial charge is 0.420 e. The van der Waals surface area contributed by atoms with Gasteiger partial charge in [-0.2, -0.15) is 0 Å². The molecule has 1 fully saturated rings. The van der Waals surface area contributed by atoms with Crippen LogP contribution in [0.3, 0.4) is 0 Å². The summed E-state index contributed by atoms with van der Waals surface area (Å²) in [5, 5.41) is 8.07. The van der Waals surface area contributed by atoms with Crippen molar-refractivity contribution in [3.8, 4) is 0 Å². The number of rotatable bonds is 5. The van der Waals surface area contributed by atoms with E-state index < -0.39 is 12.2 Å². The number of ether oxygens (including phenoxy) is 1. The lowest BCUT2D eigenvalue weighted by Gasteiger charge is -2.16. The fourth-order valence-corrected chi connectivity index (χ4v) is 1.84. The molecule has 1 atom stereocenters. The molecule has 0 radical (unpaired) electrons. The Bertz CT molecular complexity index is 383. The van der Waals surface area contributed by atoms with E-state index in [0.29, 0.717) is 0 Å². The zero-order valence-corrected chi connectivity index (χ0v) is 11.6. The molecule has 0 aliphatic carbocycles. The Morgan fingerprint density at radius 2 is 2.22 bits per heavy atom. The molecule has 0 aromatic carbocycles. The van der Waals surface area contributed by atoms with E-state index in [4.69, 9.17) is 10.1 Å². The molecule has 1 heterocycles. The van der Waals surface area contributed by atoms with Gasteiger partial charge in [0.1, 0.15) is 0 Å². The van der Waals surface area contributed by atoms with Gasteiger partial charge < -0.3 is 4.74 Å². The van der Waals surface area contributed by atoms with Crippen molar-refractivity contribution in [2.45, 2.75) is 46.6 Å². The van der Waals surface area contributed by atoms with Gasteiger partial charge in [-0.1, -0.05) is 39.3 Å². The van der Waals surface area contributed by atoms with E-state index in [1.54, 1.807) is 0 Å². The summed E-state index contributed by atoms with van der Waals surface area (Å²) in [5.41, 5.74) is 0.734. The molecule has 4 heteroatoms. The number of unbranched alkanes of at least 4 members (excludes halogenated alkanes) is 1. The highest BCUT2D eigenvalue weighted by Gasteiger charge is 2.40. The summed E-state index contributed by atoms with van der Waals surface area (Å²) in [6.07, 6.45) is 6.68. The number of allylic oxidation sites excluding steroid dienone is 3. The summed E-state index contributed by atoms with van der Waals surface area (Å²) in [6.45, 7) is 7.86. The molecule has 1 aliphatic rings. The molecule has 1 rings (SSSR count). The summed E-state index contributed by atoms with van der Waals surface area (Å²) in [6, 6.07) is 0. The SMILES string of the molecule is C/C=C\C(=C/CCC)N1C(=N)C(C(C)C)OC1=O. The van der Waals surface area contributed by atoms with Crippen LogP contribution in [0.15, 0.2) is 23.9 Å². The van der Waals surface area contributed by atoms with Crippen molar-refractivity contribution in [1.82, 2.24) is 4.90 Å². The maximum absolute atomic E-state index is 11.9. The molecule has 1 amide bonds. The number of carbonyl (C=O) groups is 1. The average Bonchev–Trinajstić information content (AvgIpc) is 2.61. The van der Waals surface area contributed by atoms with Gasteiger partial charge in [-0.3, -0.25) is 5.41 Å². The molecule has 1 aliphatic heterocycles. The van der Waals surface area contributed by atoms with Gasteiger partial charge in [0.25, 0.3) is 0 Å². The quantitative estimate of drug-likeness (QED) is 0.756. The van der Waals surface area contributed by atoms with Crippen LogP contribution in [0.25, 0.3) is 0 Å². The predicted molar refractivity (Wildman–Crippen MR) is 72.5 cm³/mol. The minimum Gasteiger partial charge on any atom is -0.437 e. The van der Waals surface area contributed by atoms with E-state index in [2.05, 4.69) is 6.92 Å². The van der Waals surface area contributed by atoms with Gasteiger partial charge in [0, 0.05) is 5.70 Å². The lowest BCUT2D eigenvalue weighted by molar-refractivity contribution is 0.121. The first-order valence-corrected chi connectivity index (χ1v) is 6.44.